The number of unbranched alkanes of at least 4 members (excludes halogenated alkanes) is 41. The maximum Gasteiger partial charge on any atom is 0.306 e. The molecule has 0 aliphatic heterocycles. The van der Waals surface area contributed by atoms with Crippen molar-refractivity contribution in [1.82, 2.24) is 0 Å². The van der Waals surface area contributed by atoms with Crippen LogP contribution in [0.25, 0.3) is 0 Å². The molecule has 2 atom stereocenters. The molecule has 0 aromatic rings. The predicted molar refractivity (Wildman–Crippen MR) is 394 cm³/mol. The molecule has 0 amide bonds. The van der Waals surface area contributed by atoms with E-state index >= 15 is 0 Å². The van der Waals surface area contributed by atoms with Crippen LogP contribution in [-0.4, -0.2) is 82.3 Å². The van der Waals surface area contributed by atoms with Crippen LogP contribution in [0, 0.1) is 0 Å². The van der Waals surface area contributed by atoms with Crippen molar-refractivity contribution in [2.24, 2.45) is 0 Å². The lowest BCUT2D eigenvalue weighted by molar-refractivity contribution is -0.870. The molecule has 9 nitrogen and oxygen atoms in total. The number of ether oxygens (including phenoxy) is 4. The van der Waals surface area contributed by atoms with Gasteiger partial charge in [-0.15, -0.1) is 0 Å². The summed E-state index contributed by atoms with van der Waals surface area (Å²) in [5.41, 5.74) is 0. The number of hydrogen-bond donors (Lipinski definition) is 0. The predicted octanol–water partition coefficient (Wildman–Crippen LogP) is 23.4. The molecule has 0 radical (unpaired) electrons. The van der Waals surface area contributed by atoms with E-state index in [-0.39, 0.29) is 32.2 Å². The number of hydrogen-bond acceptors (Lipinski definition) is 8. The first kappa shape index (κ1) is 88.2. The maximum atomic E-state index is 13.0. The first-order valence-corrected chi connectivity index (χ1v) is 38.9. The molecule has 0 saturated heterocycles. The Morgan fingerprint density at radius 2 is 0.620 bits per heavy atom. The van der Waals surface area contributed by atoms with Gasteiger partial charge in [-0.2, -0.15) is 0 Å². The van der Waals surface area contributed by atoms with Gasteiger partial charge in [0, 0.05) is 12.8 Å². The number of quaternary nitrogens is 1. The van der Waals surface area contributed by atoms with Crippen molar-refractivity contribution < 1.29 is 42.9 Å². The third-order valence-electron chi connectivity index (χ3n) is 17.1. The van der Waals surface area contributed by atoms with Crippen LogP contribution in [0.5, 0.6) is 0 Å². The van der Waals surface area contributed by atoms with E-state index in [0.29, 0.717) is 23.9 Å². The molecule has 92 heavy (non-hydrogen) atoms. The van der Waals surface area contributed by atoms with E-state index in [2.05, 4.69) is 111 Å². The Morgan fingerprint density at radius 1 is 0.337 bits per heavy atom. The first-order valence-electron chi connectivity index (χ1n) is 38.9. The van der Waals surface area contributed by atoms with Crippen LogP contribution < -0.4 is 5.11 Å². The minimum atomic E-state index is -1.63. The van der Waals surface area contributed by atoms with Crippen molar-refractivity contribution in [2.45, 2.75) is 367 Å². The number of aliphatic carboxylic acids is 1. The highest BCUT2D eigenvalue weighted by atomic mass is 16.7. The standard InChI is InChI=1S/C83H147NO8/c1-6-8-10-12-14-16-18-20-22-24-26-28-30-32-34-36-38-40-42-43-45-47-49-51-53-55-57-59-61-63-65-67-69-71-73-80(85)90-77-79(78-91-83(82(87)88)89-76-75-84(3,4)5)92-81(86)74-72-70-68-66-64-62-60-58-56-54-52-50-48-46-44-41-39-37-35-33-31-29-27-25-23-21-19-17-15-13-11-9-7-2/h9,11,15,17,21,23,27,29,33,35,39,41,46,48,52,54,79,83H,6-8,10,12-14,16,18-20,22,24-26,28,30-32,34,36-38,40,42-45,47,49-51,53,55-78H2,1-5H3/b11-9-,17-15-,23-21-,29-27-,35-33-,41-39-,48-46-,54-52-. The van der Waals surface area contributed by atoms with Crippen LogP contribution in [0.15, 0.2) is 97.2 Å². The molecule has 9 heteroatoms. The molecule has 0 bridgehead atoms. The minimum absolute atomic E-state index is 0.143. The van der Waals surface area contributed by atoms with Gasteiger partial charge in [0.2, 0.25) is 0 Å². The summed E-state index contributed by atoms with van der Waals surface area (Å²) in [7, 11) is 5.93. The van der Waals surface area contributed by atoms with E-state index in [0.717, 1.165) is 96.3 Å². The number of allylic oxidation sites excluding steroid dienone is 16. The van der Waals surface area contributed by atoms with E-state index in [9.17, 15) is 19.5 Å². The van der Waals surface area contributed by atoms with Gasteiger partial charge < -0.3 is 33.3 Å². The van der Waals surface area contributed by atoms with E-state index in [1.54, 1.807) is 0 Å². The van der Waals surface area contributed by atoms with E-state index in [1.165, 1.54) is 225 Å². The van der Waals surface area contributed by atoms with Crippen LogP contribution in [0.2, 0.25) is 0 Å². The van der Waals surface area contributed by atoms with E-state index in [4.69, 9.17) is 18.9 Å². The Hall–Kier alpha value is -3.79. The molecule has 0 N–H and O–H groups in total. The summed E-state index contributed by atoms with van der Waals surface area (Å²) >= 11 is 0. The van der Waals surface area contributed by atoms with Gasteiger partial charge in [0.15, 0.2) is 12.4 Å². The lowest BCUT2D eigenvalue weighted by Crippen LogP contribution is -2.44. The van der Waals surface area contributed by atoms with Gasteiger partial charge in [0.25, 0.3) is 0 Å². The average Bonchev–Trinajstić information content (AvgIpc) is 3.69. The highest BCUT2D eigenvalue weighted by Crippen LogP contribution is 2.19. The van der Waals surface area contributed by atoms with Crippen molar-refractivity contribution in [2.75, 3.05) is 47.5 Å². The van der Waals surface area contributed by atoms with E-state index in [1.807, 2.05) is 21.1 Å². The third-order valence-corrected chi connectivity index (χ3v) is 17.1. The van der Waals surface area contributed by atoms with Crippen LogP contribution in [0.4, 0.5) is 0 Å². The highest BCUT2D eigenvalue weighted by Gasteiger charge is 2.22. The van der Waals surface area contributed by atoms with Gasteiger partial charge in [-0.1, -0.05) is 361 Å². The fourth-order valence-corrected chi connectivity index (χ4v) is 11.2. The molecule has 0 aromatic carbocycles. The summed E-state index contributed by atoms with van der Waals surface area (Å²) in [6, 6.07) is 0. The monoisotopic (exact) mass is 1290 g/mol. The minimum Gasteiger partial charge on any atom is -0.545 e. The molecule has 0 rings (SSSR count). The zero-order valence-corrected chi connectivity index (χ0v) is 60.9. The summed E-state index contributed by atoms with van der Waals surface area (Å²) in [5, 5.41) is 11.9. The number of rotatable bonds is 72. The number of esters is 2. The molecule has 0 saturated carbocycles. The second kappa shape index (κ2) is 73.0. The molecule has 0 heterocycles. The number of nitrogens with zero attached hydrogens (tertiary/aromatic N) is 1. The second-order valence-electron chi connectivity index (χ2n) is 27.3. The van der Waals surface area contributed by atoms with Crippen LogP contribution in [-0.2, 0) is 33.3 Å². The Morgan fingerprint density at radius 3 is 0.924 bits per heavy atom. The summed E-state index contributed by atoms with van der Waals surface area (Å²) in [6.45, 7) is 4.67. The fraction of sp³-hybridized carbons (Fsp3) is 0.771. The SMILES string of the molecule is CC/C=C\C/C=C\C/C=C\C/C=C\C/C=C\C/C=C\C/C=C\C/C=C\CCCCCCCCCCC(=O)OC(COC(=O)CCCCCCCCCCCCCCCCCCCCCCCCCCCCCCCCCCCC)COC(OCC[N+](C)(C)C)C(=O)[O-]. The highest BCUT2D eigenvalue weighted by molar-refractivity contribution is 5.70. The van der Waals surface area contributed by atoms with Crippen molar-refractivity contribution in [3.8, 4) is 0 Å². The lowest BCUT2D eigenvalue weighted by Gasteiger charge is -2.26. The van der Waals surface area contributed by atoms with Crippen molar-refractivity contribution in [3.63, 3.8) is 0 Å². The van der Waals surface area contributed by atoms with Gasteiger partial charge in [-0.25, -0.2) is 0 Å². The van der Waals surface area contributed by atoms with Gasteiger partial charge in [0.05, 0.1) is 40.3 Å². The molecular formula is C83H147NO8. The summed E-state index contributed by atoms with van der Waals surface area (Å²) < 4.78 is 22.8. The fourth-order valence-electron chi connectivity index (χ4n) is 11.2. The van der Waals surface area contributed by atoms with Crippen LogP contribution >= 0.6 is 0 Å². The normalized spacial score (nSPS) is 13.2. The van der Waals surface area contributed by atoms with Gasteiger partial charge in [-0.05, 0) is 77.0 Å². The van der Waals surface area contributed by atoms with Gasteiger partial charge in [-0.3, -0.25) is 9.59 Å². The molecular weight excluding hydrogens is 1140 g/mol. The smallest absolute Gasteiger partial charge is 0.306 e. The Bertz CT molecular complexity index is 1840. The largest absolute Gasteiger partial charge is 0.545 e. The van der Waals surface area contributed by atoms with Crippen LogP contribution in [0.3, 0.4) is 0 Å². The Balaban J connectivity index is 4.07. The molecule has 532 valence electrons. The molecule has 0 aromatic heterocycles. The van der Waals surface area contributed by atoms with Crippen molar-refractivity contribution >= 4 is 17.9 Å². The Labute approximate surface area is 569 Å². The second-order valence-corrected chi connectivity index (χ2v) is 27.3. The molecule has 0 spiro atoms. The molecule has 0 aliphatic carbocycles. The van der Waals surface area contributed by atoms with Gasteiger partial charge >= 0.3 is 11.9 Å². The number of carbonyl (C=O) groups excluding carboxylic acids is 3. The summed E-state index contributed by atoms with van der Waals surface area (Å²) in [5.74, 6) is -2.28. The third kappa shape index (κ3) is 73.6. The number of carboxylic acid groups (broad SMARTS) is 1. The summed E-state index contributed by atoms with van der Waals surface area (Å²) in [6.07, 6.45) is 98.1. The number of likely N-dealkylation sites (N-methyl/N-ethyl adjacent to an activating group) is 1. The first-order chi connectivity index (χ1) is 45.1. The molecule has 2 unspecified atom stereocenters. The topological polar surface area (TPSA) is 111 Å². The zero-order chi connectivity index (χ0) is 66.8. The number of carboxylic acids is 1. The van der Waals surface area contributed by atoms with E-state index < -0.39 is 24.3 Å². The van der Waals surface area contributed by atoms with Gasteiger partial charge in [0.1, 0.15) is 13.2 Å². The maximum absolute atomic E-state index is 13.0. The number of carbonyl (C=O) groups is 3. The molecule has 0 aliphatic rings. The zero-order valence-electron chi connectivity index (χ0n) is 60.9. The average molecular weight is 1290 g/mol. The lowest BCUT2D eigenvalue weighted by atomic mass is 10.0. The Kier molecular flexibility index (Phi) is 70.0. The quantitative estimate of drug-likeness (QED) is 0.0195. The molecule has 0 fully saturated rings. The van der Waals surface area contributed by atoms with Crippen molar-refractivity contribution in [1.29, 1.82) is 0 Å². The van der Waals surface area contributed by atoms with Crippen LogP contribution in [0.1, 0.15) is 354 Å². The van der Waals surface area contributed by atoms with Crippen molar-refractivity contribution in [3.05, 3.63) is 97.2 Å². The summed E-state index contributed by atoms with van der Waals surface area (Å²) in [4.78, 5) is 37.6.